The van der Waals surface area contributed by atoms with Crippen LogP contribution in [0.5, 0.6) is 0 Å². The first-order valence-corrected chi connectivity index (χ1v) is 21.7. The van der Waals surface area contributed by atoms with Gasteiger partial charge >= 0.3 is 107 Å². The van der Waals surface area contributed by atoms with Gasteiger partial charge in [0.25, 0.3) is 0 Å². The van der Waals surface area contributed by atoms with E-state index >= 15 is 0 Å². The van der Waals surface area contributed by atoms with E-state index in [1.807, 2.05) is 48.6 Å². The van der Waals surface area contributed by atoms with Crippen LogP contribution in [0, 0.1) is 0 Å². The smallest absolute Gasteiger partial charge is 0.147 e. The molecule has 0 atom stereocenters. The Hall–Kier alpha value is -2.59. The first kappa shape index (κ1) is 33.9. The zero-order chi connectivity index (χ0) is 29.9. The third-order valence-corrected chi connectivity index (χ3v) is 44.9. The average molecular weight is 635 g/mol. The van der Waals surface area contributed by atoms with E-state index < -0.39 is 8.62 Å². The van der Waals surface area contributed by atoms with Crippen molar-refractivity contribution >= 4 is 58.8 Å². The molecule has 2 aliphatic rings. The number of aromatic amines is 2. The summed E-state index contributed by atoms with van der Waals surface area (Å²) < 4.78 is 0. The van der Waals surface area contributed by atoms with Gasteiger partial charge in [0.05, 0.1) is 22.8 Å². The number of nitrogens with zero attached hydrogens (tertiary/aromatic N) is 2. The fourth-order valence-corrected chi connectivity index (χ4v) is 23.4. The minimum absolute atomic E-state index is 0. The summed E-state index contributed by atoms with van der Waals surface area (Å²) in [6.07, 6.45) is 8.09. The zero-order valence-electron chi connectivity index (χ0n) is 27.2. The Labute approximate surface area is 255 Å². The second-order valence-corrected chi connectivity index (χ2v) is 34.6. The number of nitrogens with one attached hydrogen (secondary N) is 2. The molecule has 2 N–H and O–H groups in total. The predicted molar refractivity (Wildman–Crippen MR) is 190 cm³/mol. The van der Waals surface area contributed by atoms with E-state index in [9.17, 15) is 0 Å². The first-order valence-electron chi connectivity index (χ1n) is 15.5. The van der Waals surface area contributed by atoms with Crippen LogP contribution in [0.4, 0.5) is 0 Å². The van der Waals surface area contributed by atoms with Crippen molar-refractivity contribution in [2.24, 2.45) is 0 Å². The molecule has 5 heterocycles. The molecular formula is C36H55ClFeN4. The van der Waals surface area contributed by atoms with Crippen LogP contribution >= 0.6 is 12.4 Å². The molecule has 0 amide bonds. The molecule has 3 aromatic heterocycles. The maximum absolute atomic E-state index is 4.63. The van der Waals surface area contributed by atoms with E-state index in [1.54, 1.807) is 0 Å². The van der Waals surface area contributed by atoms with Crippen LogP contribution in [0.15, 0.2) is 48.5 Å². The molecule has 4 nitrogen and oxygen atoms in total. The molecular weight excluding hydrogens is 580 g/mol. The second kappa shape index (κ2) is 9.97. The van der Waals surface area contributed by atoms with Gasteiger partial charge < -0.3 is 9.97 Å². The largest absolute Gasteiger partial charge is 0.147 e. The predicted octanol–water partition coefficient (Wildman–Crippen LogP) is 12.9. The Bertz CT molecular complexity index is 1440. The fraction of sp³-hybridized carbons (Fsp3) is 0.444. The molecule has 0 fully saturated rings. The van der Waals surface area contributed by atoms with Crippen LogP contribution in [0.3, 0.4) is 0 Å². The summed E-state index contributed by atoms with van der Waals surface area (Å²) in [4.78, 5) is 16.0. The monoisotopic (exact) mass is 634 g/mol. The molecule has 0 aromatic carbocycles. The van der Waals surface area contributed by atoms with E-state index in [1.165, 1.54) is 42.6 Å². The number of halogens is 1. The number of rotatable bonds is 8. The van der Waals surface area contributed by atoms with Crippen molar-refractivity contribution in [3.05, 3.63) is 71.3 Å². The summed E-state index contributed by atoms with van der Waals surface area (Å²) in [6.45, 7) is 20.2. The van der Waals surface area contributed by atoms with Crippen molar-refractivity contribution < 1.29 is 8.62 Å². The van der Waals surface area contributed by atoms with Crippen LogP contribution in [-0.2, 0) is 8.62 Å². The van der Waals surface area contributed by atoms with Crippen molar-refractivity contribution in [1.29, 1.82) is 0 Å². The van der Waals surface area contributed by atoms with E-state index in [2.05, 4.69) is 99.6 Å². The second-order valence-electron chi connectivity index (χ2n) is 12.9. The standard InChI is InChI=1S/C20H14N4.8C2H5.ClH.Fe/c1-2-14-10-16-5-6-18(23-16)12-20-8-7-19(24-20)11-17-4-3-15(22-17)9-13(1)21-14;8*1-2;;/h1-12,21,24H;8*1H2,2H3;1H;. The minimum Gasteiger partial charge on any atom is -0.147 e. The molecule has 0 spiro atoms. The van der Waals surface area contributed by atoms with Crippen LogP contribution < -0.4 is 0 Å². The Balaban J connectivity index is 0.000000242. The zero-order valence-corrected chi connectivity index (χ0v) is 29.2. The Morgan fingerprint density at radius 1 is 0.429 bits per heavy atom. The van der Waals surface area contributed by atoms with Crippen LogP contribution in [0.1, 0.15) is 78.2 Å². The molecule has 6 heteroatoms. The molecule has 42 heavy (non-hydrogen) atoms. The van der Waals surface area contributed by atoms with Crippen molar-refractivity contribution in [3.63, 3.8) is 0 Å². The number of hydrogen-bond acceptors (Lipinski definition) is 2. The van der Waals surface area contributed by atoms with Crippen LogP contribution in [0.25, 0.3) is 46.4 Å². The Morgan fingerprint density at radius 3 is 0.810 bits per heavy atom. The van der Waals surface area contributed by atoms with Gasteiger partial charge in [-0.25, -0.2) is 9.97 Å². The van der Waals surface area contributed by atoms with E-state index in [4.69, 9.17) is 0 Å². The van der Waals surface area contributed by atoms with Crippen molar-refractivity contribution in [3.8, 4) is 0 Å². The number of hydrogen-bond donors (Lipinski definition) is 2. The fourth-order valence-electron chi connectivity index (χ4n) is 7.89. The molecule has 0 aliphatic carbocycles. The van der Waals surface area contributed by atoms with E-state index in [-0.39, 0.29) is 12.4 Å². The summed E-state index contributed by atoms with van der Waals surface area (Å²) in [5.74, 6) is 0. The summed E-state index contributed by atoms with van der Waals surface area (Å²) in [5.41, 5.74) is 7.86. The molecule has 5 rings (SSSR count). The molecule has 0 saturated carbocycles. The molecule has 234 valence electrons. The van der Waals surface area contributed by atoms with Gasteiger partial charge in [0.1, 0.15) is 0 Å². The first-order chi connectivity index (χ1) is 19.5. The van der Waals surface area contributed by atoms with Crippen molar-refractivity contribution in [2.45, 2.75) is 97.9 Å². The van der Waals surface area contributed by atoms with Crippen molar-refractivity contribution in [1.82, 2.24) is 19.9 Å². The summed E-state index contributed by atoms with van der Waals surface area (Å²) in [5, 5.41) is 11.5. The minimum atomic E-state index is -3.32. The number of aromatic nitrogens is 4. The van der Waals surface area contributed by atoms with Crippen LogP contribution in [-0.4, -0.2) is 19.9 Å². The van der Waals surface area contributed by atoms with E-state index in [0.717, 1.165) is 44.8 Å². The van der Waals surface area contributed by atoms with Gasteiger partial charge in [-0.05, 0) is 72.8 Å². The SMILES string of the molecule is C1=Cc2cc3ccc(cc4nc(cc5ccc(cc1n2)[nH]5)C=C4)[nH]3.C[CH2][Fe]([CH2]C)([CH2]C)([CH2]C)([CH2]C)([CH2]C)([CH2]C)[CH2]C.Cl. The average Bonchev–Trinajstić information content (AvgIpc) is 3.85. The Kier molecular flexibility index (Phi) is 8.05. The van der Waals surface area contributed by atoms with Crippen LogP contribution in [0.2, 0.25) is 42.6 Å². The third kappa shape index (κ3) is 4.46. The molecule has 8 bridgehead atoms. The van der Waals surface area contributed by atoms with Gasteiger partial charge in [0, 0.05) is 22.1 Å². The Morgan fingerprint density at radius 2 is 0.643 bits per heavy atom. The summed E-state index contributed by atoms with van der Waals surface area (Å²) in [7, 11) is -3.32. The van der Waals surface area contributed by atoms with Gasteiger partial charge in [-0.1, -0.05) is 0 Å². The molecule has 0 saturated heterocycles. The third-order valence-electron chi connectivity index (χ3n) is 13.9. The normalized spacial score (nSPS) is 16.2. The molecule has 2 aliphatic heterocycles. The number of fused-ring (bicyclic) bond motifs is 8. The molecule has 0 unspecified atom stereocenters. The topological polar surface area (TPSA) is 57.4 Å². The maximum atomic E-state index is 4.63. The molecule has 0 radical (unpaired) electrons. The number of H-pyrrole nitrogens is 2. The van der Waals surface area contributed by atoms with Gasteiger partial charge in [0.2, 0.25) is 0 Å². The summed E-state index contributed by atoms with van der Waals surface area (Å²) >= 11 is 0. The van der Waals surface area contributed by atoms with Gasteiger partial charge in [-0.15, -0.1) is 12.4 Å². The maximum Gasteiger partial charge on any atom is -0.147 e. The molecule has 3 aromatic rings. The van der Waals surface area contributed by atoms with Gasteiger partial charge in [0.15, 0.2) is 0 Å². The van der Waals surface area contributed by atoms with Gasteiger partial charge in [-0.2, -0.15) is 0 Å². The van der Waals surface area contributed by atoms with E-state index in [0.29, 0.717) is 0 Å². The van der Waals surface area contributed by atoms with Crippen molar-refractivity contribution in [2.75, 3.05) is 0 Å². The van der Waals surface area contributed by atoms with Gasteiger partial charge in [-0.3, -0.25) is 0 Å². The quantitative estimate of drug-likeness (QED) is 0.167. The summed E-state index contributed by atoms with van der Waals surface area (Å²) in [6, 6.07) is 16.4.